The van der Waals surface area contributed by atoms with Crippen LogP contribution >= 0.6 is 0 Å². The van der Waals surface area contributed by atoms with E-state index in [2.05, 4.69) is 5.32 Å². The minimum Gasteiger partial charge on any atom is -0.491 e. The molecule has 1 rings (SSSR count). The Kier molecular flexibility index (Phi) is 7.51. The second-order valence-corrected chi connectivity index (χ2v) is 6.01. The number of carbonyl (C=O) groups is 2. The summed E-state index contributed by atoms with van der Waals surface area (Å²) in [6, 6.07) is 5.82. The molecule has 0 heterocycles. The molecule has 7 nitrogen and oxygen atoms in total. The van der Waals surface area contributed by atoms with E-state index in [9.17, 15) is 9.59 Å². The van der Waals surface area contributed by atoms with Gasteiger partial charge in [0.25, 0.3) is 0 Å². The molecule has 7 heteroatoms. The molecule has 24 heavy (non-hydrogen) atoms. The highest BCUT2D eigenvalue weighted by molar-refractivity contribution is 5.82. The lowest BCUT2D eigenvalue weighted by Crippen LogP contribution is -2.38. The topological polar surface area (TPSA) is 83.1 Å². The number of esters is 1. The van der Waals surface area contributed by atoms with Crippen LogP contribution < -0.4 is 10.1 Å². The molecule has 0 radical (unpaired) electrons. The fourth-order valence-electron chi connectivity index (χ4n) is 1.82. The van der Waals surface area contributed by atoms with Gasteiger partial charge in [-0.25, -0.2) is 9.59 Å². The van der Waals surface area contributed by atoms with Crippen molar-refractivity contribution in [3.8, 4) is 5.75 Å². The van der Waals surface area contributed by atoms with Crippen LogP contribution in [0.5, 0.6) is 5.75 Å². The highest BCUT2D eigenvalue weighted by Gasteiger charge is 2.26. The van der Waals surface area contributed by atoms with E-state index in [0.717, 1.165) is 0 Å². The third kappa shape index (κ3) is 6.87. The minimum absolute atomic E-state index is 0.423. The fourth-order valence-corrected chi connectivity index (χ4v) is 1.82. The summed E-state index contributed by atoms with van der Waals surface area (Å²) >= 11 is 0. The summed E-state index contributed by atoms with van der Waals surface area (Å²) in [4.78, 5) is 23.9. The highest BCUT2D eigenvalue weighted by Crippen LogP contribution is 2.20. The van der Waals surface area contributed by atoms with Crippen LogP contribution in [0.2, 0.25) is 0 Å². The maximum Gasteiger partial charge on any atom is 0.408 e. The lowest BCUT2D eigenvalue weighted by molar-refractivity contribution is -0.143. The van der Waals surface area contributed by atoms with Gasteiger partial charge < -0.3 is 24.3 Å². The lowest BCUT2D eigenvalue weighted by atomic mass is 10.1. The van der Waals surface area contributed by atoms with Crippen molar-refractivity contribution >= 4 is 12.1 Å². The van der Waals surface area contributed by atoms with Gasteiger partial charge in [-0.1, -0.05) is 12.1 Å². The van der Waals surface area contributed by atoms with Crippen molar-refractivity contribution in [3.05, 3.63) is 29.8 Å². The molecule has 1 aromatic carbocycles. The van der Waals surface area contributed by atoms with Gasteiger partial charge in [0.15, 0.2) is 6.04 Å². The molecule has 0 aliphatic heterocycles. The number of benzene rings is 1. The number of hydrogen-bond acceptors (Lipinski definition) is 6. The van der Waals surface area contributed by atoms with E-state index < -0.39 is 23.7 Å². The van der Waals surface area contributed by atoms with Gasteiger partial charge in [0.05, 0.1) is 13.7 Å². The standard InChI is InChI=1S/C17H25NO6/c1-17(2,3)24-16(20)18-14(15(19)22-5)12-6-8-13(9-7-12)23-11-10-21-4/h6-9,14H,10-11H2,1-5H3,(H,18,20). The van der Waals surface area contributed by atoms with Crippen LogP contribution in [0.3, 0.4) is 0 Å². The molecule has 1 amide bonds. The van der Waals surface area contributed by atoms with Gasteiger partial charge in [-0.3, -0.25) is 0 Å². The molecule has 0 aliphatic carbocycles. The summed E-state index contributed by atoms with van der Waals surface area (Å²) in [5.41, 5.74) is -0.101. The Morgan fingerprint density at radius 3 is 2.21 bits per heavy atom. The molecule has 1 unspecified atom stereocenters. The molecule has 0 saturated heterocycles. The molecular weight excluding hydrogens is 314 g/mol. The first-order valence-electron chi connectivity index (χ1n) is 7.56. The number of hydrogen-bond donors (Lipinski definition) is 1. The number of ether oxygens (including phenoxy) is 4. The molecule has 1 aromatic rings. The van der Waals surface area contributed by atoms with Crippen molar-refractivity contribution < 1.29 is 28.5 Å². The van der Waals surface area contributed by atoms with Crippen LogP contribution in [-0.2, 0) is 19.0 Å². The van der Waals surface area contributed by atoms with Crippen LogP contribution in [-0.4, -0.2) is 45.1 Å². The third-order valence-corrected chi connectivity index (χ3v) is 2.87. The fraction of sp³-hybridized carbons (Fsp3) is 0.529. The summed E-state index contributed by atoms with van der Waals surface area (Å²) in [5, 5.41) is 2.52. The first-order valence-corrected chi connectivity index (χ1v) is 7.56. The maximum atomic E-state index is 12.0. The monoisotopic (exact) mass is 339 g/mol. The maximum absolute atomic E-state index is 12.0. The van der Waals surface area contributed by atoms with Crippen LogP contribution in [0.15, 0.2) is 24.3 Å². The van der Waals surface area contributed by atoms with E-state index >= 15 is 0 Å². The van der Waals surface area contributed by atoms with Crippen molar-refractivity contribution in [2.24, 2.45) is 0 Å². The first kappa shape index (κ1) is 19.8. The zero-order chi connectivity index (χ0) is 18.2. The van der Waals surface area contributed by atoms with Crippen molar-refractivity contribution in [2.45, 2.75) is 32.4 Å². The van der Waals surface area contributed by atoms with Crippen LogP contribution in [0.25, 0.3) is 0 Å². The van der Waals surface area contributed by atoms with Gasteiger partial charge in [-0.2, -0.15) is 0 Å². The smallest absolute Gasteiger partial charge is 0.408 e. The molecule has 0 saturated carbocycles. The Bertz CT molecular complexity index is 535. The van der Waals surface area contributed by atoms with Gasteiger partial charge in [-0.05, 0) is 38.5 Å². The second-order valence-electron chi connectivity index (χ2n) is 6.01. The minimum atomic E-state index is -0.960. The van der Waals surface area contributed by atoms with Crippen molar-refractivity contribution in [2.75, 3.05) is 27.4 Å². The third-order valence-electron chi connectivity index (χ3n) is 2.87. The molecule has 0 bridgehead atoms. The lowest BCUT2D eigenvalue weighted by Gasteiger charge is -2.22. The van der Waals surface area contributed by atoms with Gasteiger partial charge in [0.1, 0.15) is 18.0 Å². The Balaban J connectivity index is 2.81. The molecule has 0 spiro atoms. The second kappa shape index (κ2) is 9.12. The number of nitrogens with one attached hydrogen (secondary N) is 1. The van der Waals surface area contributed by atoms with Crippen molar-refractivity contribution in [3.63, 3.8) is 0 Å². The van der Waals surface area contributed by atoms with E-state index in [1.807, 2.05) is 0 Å². The Morgan fingerprint density at radius 1 is 1.08 bits per heavy atom. The summed E-state index contributed by atoms with van der Waals surface area (Å²) in [5.74, 6) is 0.0468. The van der Waals surface area contributed by atoms with E-state index in [1.54, 1.807) is 52.1 Å². The summed E-state index contributed by atoms with van der Waals surface area (Å²) < 4.78 is 20.3. The zero-order valence-electron chi connectivity index (χ0n) is 14.8. The predicted octanol–water partition coefficient (Wildman–Crippen LogP) is 2.45. The summed E-state index contributed by atoms with van der Waals surface area (Å²) in [6.45, 7) is 6.13. The molecule has 0 aromatic heterocycles. The number of rotatable bonds is 7. The van der Waals surface area contributed by atoms with Gasteiger partial charge >= 0.3 is 12.1 Å². The van der Waals surface area contributed by atoms with E-state index in [0.29, 0.717) is 24.5 Å². The van der Waals surface area contributed by atoms with Crippen LogP contribution in [0.4, 0.5) is 4.79 Å². The highest BCUT2D eigenvalue weighted by atomic mass is 16.6. The quantitative estimate of drug-likeness (QED) is 0.607. The van der Waals surface area contributed by atoms with Crippen molar-refractivity contribution in [1.82, 2.24) is 5.32 Å². The van der Waals surface area contributed by atoms with Gasteiger partial charge in [-0.15, -0.1) is 0 Å². The normalized spacial score (nSPS) is 12.2. The summed E-state index contributed by atoms with van der Waals surface area (Å²) in [7, 11) is 2.85. The van der Waals surface area contributed by atoms with Crippen molar-refractivity contribution in [1.29, 1.82) is 0 Å². The van der Waals surface area contributed by atoms with Crippen LogP contribution in [0.1, 0.15) is 32.4 Å². The molecule has 0 aliphatic rings. The molecule has 134 valence electrons. The van der Waals surface area contributed by atoms with E-state index in [1.165, 1.54) is 7.11 Å². The zero-order valence-corrected chi connectivity index (χ0v) is 14.8. The van der Waals surface area contributed by atoms with Gasteiger partial charge in [0, 0.05) is 7.11 Å². The first-order chi connectivity index (χ1) is 11.3. The van der Waals surface area contributed by atoms with E-state index in [4.69, 9.17) is 18.9 Å². The van der Waals surface area contributed by atoms with Gasteiger partial charge in [0.2, 0.25) is 0 Å². The molecule has 1 N–H and O–H groups in total. The number of amides is 1. The molecule has 1 atom stereocenters. The average Bonchev–Trinajstić information content (AvgIpc) is 2.51. The van der Waals surface area contributed by atoms with E-state index in [-0.39, 0.29) is 0 Å². The van der Waals surface area contributed by atoms with Crippen LogP contribution in [0, 0.1) is 0 Å². The Morgan fingerprint density at radius 2 is 1.71 bits per heavy atom. The largest absolute Gasteiger partial charge is 0.491 e. The number of methoxy groups -OCH3 is 2. The predicted molar refractivity (Wildman–Crippen MR) is 87.9 cm³/mol. The summed E-state index contributed by atoms with van der Waals surface area (Å²) in [6.07, 6.45) is -0.696. The molecular formula is C17H25NO6. The number of carbonyl (C=O) groups excluding carboxylic acids is 2. The average molecular weight is 339 g/mol. The Hall–Kier alpha value is -2.28. The number of alkyl carbamates (subject to hydrolysis) is 1. The molecule has 0 fully saturated rings. The Labute approximate surface area is 142 Å². The SMILES string of the molecule is COCCOc1ccc(C(NC(=O)OC(C)(C)C)C(=O)OC)cc1.